The predicted molar refractivity (Wildman–Crippen MR) is 58.9 cm³/mol. The Bertz CT molecular complexity index is 382. The molecule has 0 heterocycles. The zero-order valence-electron chi connectivity index (χ0n) is 8.99. The van der Waals surface area contributed by atoms with E-state index in [2.05, 4.69) is 25.1 Å². The highest BCUT2D eigenvalue weighted by molar-refractivity contribution is 5.67. The lowest BCUT2D eigenvalue weighted by Gasteiger charge is -2.24. The number of carboxylic acid groups (broad SMARTS) is 1. The molecule has 0 aromatic heterocycles. The van der Waals surface area contributed by atoms with E-state index in [1.807, 2.05) is 0 Å². The van der Waals surface area contributed by atoms with Gasteiger partial charge in [0.25, 0.3) is 0 Å². The van der Waals surface area contributed by atoms with Crippen LogP contribution in [0.15, 0.2) is 18.2 Å². The molecule has 1 aliphatic rings. The van der Waals surface area contributed by atoms with Crippen molar-refractivity contribution in [1.82, 2.24) is 0 Å². The fourth-order valence-corrected chi connectivity index (χ4v) is 2.46. The summed E-state index contributed by atoms with van der Waals surface area (Å²) in [6.07, 6.45) is 3.31. The van der Waals surface area contributed by atoms with Gasteiger partial charge in [0, 0.05) is 6.42 Å². The Kier molecular flexibility index (Phi) is 2.76. The Labute approximate surface area is 89.9 Å². The van der Waals surface area contributed by atoms with Gasteiger partial charge in [-0.1, -0.05) is 18.2 Å². The Morgan fingerprint density at radius 1 is 1.53 bits per heavy atom. The second-order valence-electron chi connectivity index (χ2n) is 4.42. The molecule has 0 fully saturated rings. The van der Waals surface area contributed by atoms with E-state index in [0.29, 0.717) is 12.3 Å². The van der Waals surface area contributed by atoms with Crippen LogP contribution in [0, 0.1) is 12.8 Å². The van der Waals surface area contributed by atoms with E-state index < -0.39 is 5.97 Å². The molecule has 1 atom stereocenters. The molecule has 0 radical (unpaired) electrons. The van der Waals surface area contributed by atoms with Crippen LogP contribution in [-0.4, -0.2) is 11.1 Å². The highest BCUT2D eigenvalue weighted by Gasteiger charge is 2.21. The molecule has 1 aromatic carbocycles. The molecular formula is C13H16O2. The van der Waals surface area contributed by atoms with Gasteiger partial charge in [0.15, 0.2) is 0 Å². The van der Waals surface area contributed by atoms with Gasteiger partial charge in [-0.05, 0) is 48.8 Å². The van der Waals surface area contributed by atoms with Gasteiger partial charge >= 0.3 is 5.97 Å². The molecule has 2 heteroatoms. The van der Waals surface area contributed by atoms with Crippen molar-refractivity contribution in [3.63, 3.8) is 0 Å². The van der Waals surface area contributed by atoms with E-state index in [1.54, 1.807) is 0 Å². The molecule has 0 saturated carbocycles. The smallest absolute Gasteiger partial charge is 0.303 e. The summed E-state index contributed by atoms with van der Waals surface area (Å²) in [5.74, 6) is -0.340. The lowest BCUT2D eigenvalue weighted by Crippen LogP contribution is -2.18. The van der Waals surface area contributed by atoms with Crippen LogP contribution in [0.4, 0.5) is 0 Å². The number of aryl methyl sites for hydroxylation is 2. The normalized spacial score (nSPS) is 19.7. The molecule has 1 aromatic rings. The number of hydrogen-bond donors (Lipinski definition) is 1. The predicted octanol–water partition coefficient (Wildman–Crippen LogP) is 2.57. The van der Waals surface area contributed by atoms with Crippen molar-refractivity contribution in [2.75, 3.05) is 0 Å². The number of rotatable bonds is 2. The first kappa shape index (κ1) is 10.2. The fourth-order valence-electron chi connectivity index (χ4n) is 2.46. The van der Waals surface area contributed by atoms with Crippen LogP contribution in [-0.2, 0) is 17.6 Å². The minimum Gasteiger partial charge on any atom is -0.481 e. The van der Waals surface area contributed by atoms with E-state index in [9.17, 15) is 4.79 Å². The van der Waals surface area contributed by atoms with Crippen LogP contribution in [0.1, 0.15) is 29.5 Å². The summed E-state index contributed by atoms with van der Waals surface area (Å²) < 4.78 is 0. The average molecular weight is 204 g/mol. The van der Waals surface area contributed by atoms with Crippen LogP contribution in [0.25, 0.3) is 0 Å². The summed E-state index contributed by atoms with van der Waals surface area (Å²) in [5, 5.41) is 8.78. The molecule has 1 unspecified atom stereocenters. The molecule has 0 amide bonds. The second-order valence-corrected chi connectivity index (χ2v) is 4.42. The standard InChI is InChI=1S/C13H16O2/c1-9-3-2-4-11-6-5-10(7-12(9)11)8-13(14)15/h2-4,10H,5-8H2,1H3,(H,14,15). The molecule has 2 rings (SSSR count). The number of fused-ring (bicyclic) bond motifs is 1. The molecule has 1 aliphatic carbocycles. The number of aliphatic carboxylic acids is 1. The van der Waals surface area contributed by atoms with Gasteiger partial charge in [0.2, 0.25) is 0 Å². The molecule has 1 N–H and O–H groups in total. The average Bonchev–Trinajstić information content (AvgIpc) is 2.18. The van der Waals surface area contributed by atoms with E-state index in [1.165, 1.54) is 16.7 Å². The maximum Gasteiger partial charge on any atom is 0.303 e. The third-order valence-electron chi connectivity index (χ3n) is 3.29. The largest absolute Gasteiger partial charge is 0.481 e. The zero-order valence-corrected chi connectivity index (χ0v) is 8.99. The van der Waals surface area contributed by atoms with Crippen LogP contribution in [0.3, 0.4) is 0 Å². The highest BCUT2D eigenvalue weighted by Crippen LogP contribution is 2.29. The number of carbonyl (C=O) groups is 1. The second kappa shape index (κ2) is 4.05. The van der Waals surface area contributed by atoms with Crippen LogP contribution in [0.2, 0.25) is 0 Å². The van der Waals surface area contributed by atoms with Gasteiger partial charge in [0.1, 0.15) is 0 Å². The van der Waals surface area contributed by atoms with Gasteiger partial charge in [-0.2, -0.15) is 0 Å². The summed E-state index contributed by atoms with van der Waals surface area (Å²) >= 11 is 0. The first-order chi connectivity index (χ1) is 7.16. The van der Waals surface area contributed by atoms with Crippen molar-refractivity contribution in [2.24, 2.45) is 5.92 Å². The number of benzene rings is 1. The highest BCUT2D eigenvalue weighted by atomic mass is 16.4. The van der Waals surface area contributed by atoms with Crippen LogP contribution < -0.4 is 0 Å². The van der Waals surface area contributed by atoms with Crippen LogP contribution >= 0.6 is 0 Å². The van der Waals surface area contributed by atoms with Gasteiger partial charge in [-0.15, -0.1) is 0 Å². The van der Waals surface area contributed by atoms with E-state index in [0.717, 1.165) is 19.3 Å². The van der Waals surface area contributed by atoms with Gasteiger partial charge < -0.3 is 5.11 Å². The molecule has 0 spiro atoms. The topological polar surface area (TPSA) is 37.3 Å². The van der Waals surface area contributed by atoms with Crippen molar-refractivity contribution < 1.29 is 9.90 Å². The van der Waals surface area contributed by atoms with Crippen molar-refractivity contribution in [3.05, 3.63) is 34.9 Å². The molecule has 0 aliphatic heterocycles. The molecule has 0 saturated heterocycles. The molecule has 15 heavy (non-hydrogen) atoms. The third kappa shape index (κ3) is 2.20. The van der Waals surface area contributed by atoms with Gasteiger partial charge in [-0.25, -0.2) is 0 Å². The summed E-state index contributed by atoms with van der Waals surface area (Å²) in [5.41, 5.74) is 4.11. The Morgan fingerprint density at radius 2 is 2.33 bits per heavy atom. The van der Waals surface area contributed by atoms with E-state index in [4.69, 9.17) is 5.11 Å². The summed E-state index contributed by atoms with van der Waals surface area (Å²) in [6, 6.07) is 6.37. The molecule has 2 nitrogen and oxygen atoms in total. The van der Waals surface area contributed by atoms with E-state index >= 15 is 0 Å². The molecular weight excluding hydrogens is 188 g/mol. The fraction of sp³-hybridized carbons (Fsp3) is 0.462. The van der Waals surface area contributed by atoms with Gasteiger partial charge in [-0.3, -0.25) is 4.79 Å². The van der Waals surface area contributed by atoms with Crippen LogP contribution in [0.5, 0.6) is 0 Å². The summed E-state index contributed by atoms with van der Waals surface area (Å²) in [6.45, 7) is 2.11. The molecule has 0 bridgehead atoms. The minimum absolute atomic E-state index is 0.313. The SMILES string of the molecule is Cc1cccc2c1CC(CC(=O)O)CC2. The Morgan fingerprint density at radius 3 is 3.07 bits per heavy atom. The van der Waals surface area contributed by atoms with Gasteiger partial charge in [0.05, 0.1) is 0 Å². The first-order valence-corrected chi connectivity index (χ1v) is 5.46. The van der Waals surface area contributed by atoms with E-state index in [-0.39, 0.29) is 0 Å². The lowest BCUT2D eigenvalue weighted by atomic mass is 9.80. The van der Waals surface area contributed by atoms with Crippen molar-refractivity contribution in [1.29, 1.82) is 0 Å². The zero-order chi connectivity index (χ0) is 10.8. The maximum atomic E-state index is 10.7. The Balaban J connectivity index is 2.18. The molecule has 80 valence electrons. The lowest BCUT2D eigenvalue weighted by molar-refractivity contribution is -0.138. The first-order valence-electron chi connectivity index (χ1n) is 5.46. The number of carboxylic acids is 1. The van der Waals surface area contributed by atoms with Crippen molar-refractivity contribution >= 4 is 5.97 Å². The minimum atomic E-state index is -0.669. The number of hydrogen-bond acceptors (Lipinski definition) is 1. The Hall–Kier alpha value is -1.31. The quantitative estimate of drug-likeness (QED) is 0.804. The summed E-state index contributed by atoms with van der Waals surface area (Å²) in [7, 11) is 0. The maximum absolute atomic E-state index is 10.7. The summed E-state index contributed by atoms with van der Waals surface area (Å²) in [4.78, 5) is 10.7. The monoisotopic (exact) mass is 204 g/mol. The van der Waals surface area contributed by atoms with Crippen molar-refractivity contribution in [2.45, 2.75) is 32.6 Å². The van der Waals surface area contributed by atoms with Crippen molar-refractivity contribution in [3.8, 4) is 0 Å². The third-order valence-corrected chi connectivity index (χ3v) is 3.29.